The molecule has 1 atom stereocenters. The Morgan fingerprint density at radius 1 is 1.06 bits per heavy atom. The van der Waals surface area contributed by atoms with Crippen molar-refractivity contribution in [3.05, 3.63) is 48.0 Å². The van der Waals surface area contributed by atoms with Crippen molar-refractivity contribution in [1.82, 2.24) is 9.62 Å². The number of nitrogens with zero attached hydrogens (tertiary/aromatic N) is 1. The fraction of sp³-hybridized carbons (Fsp3) is 0.409. The second kappa shape index (κ2) is 10.0. The van der Waals surface area contributed by atoms with E-state index in [9.17, 15) is 13.2 Å². The first-order valence-corrected chi connectivity index (χ1v) is 11.5. The van der Waals surface area contributed by atoms with Gasteiger partial charge in [-0.05, 0) is 31.0 Å². The van der Waals surface area contributed by atoms with Gasteiger partial charge in [-0.2, -0.15) is 4.31 Å². The van der Waals surface area contributed by atoms with Gasteiger partial charge in [0, 0.05) is 31.3 Å². The number of hydrogen-bond acceptors (Lipinski definition) is 6. The zero-order valence-electron chi connectivity index (χ0n) is 18.0. The van der Waals surface area contributed by atoms with Gasteiger partial charge in [-0.15, -0.1) is 0 Å². The first kappa shape index (κ1) is 22.9. The zero-order chi connectivity index (χ0) is 22.4. The molecular formula is C22H28N2O6S. The summed E-state index contributed by atoms with van der Waals surface area (Å²) in [6.07, 6.45) is 1.22. The molecule has 1 fully saturated rings. The van der Waals surface area contributed by atoms with E-state index in [0.717, 1.165) is 5.56 Å². The van der Waals surface area contributed by atoms with Crippen molar-refractivity contribution in [2.45, 2.75) is 24.3 Å². The number of para-hydroxylation sites is 1. The summed E-state index contributed by atoms with van der Waals surface area (Å²) in [6.45, 7) is 0.773. The monoisotopic (exact) mass is 448 g/mol. The van der Waals surface area contributed by atoms with E-state index >= 15 is 0 Å². The lowest BCUT2D eigenvalue weighted by molar-refractivity contribution is -0.126. The van der Waals surface area contributed by atoms with Gasteiger partial charge in [0.1, 0.15) is 22.1 Å². The van der Waals surface area contributed by atoms with Crippen molar-refractivity contribution in [3.8, 4) is 17.2 Å². The molecule has 0 bridgehead atoms. The van der Waals surface area contributed by atoms with E-state index in [1.807, 2.05) is 24.3 Å². The Morgan fingerprint density at radius 2 is 1.81 bits per heavy atom. The molecule has 0 spiro atoms. The molecule has 9 heteroatoms. The zero-order valence-corrected chi connectivity index (χ0v) is 18.8. The number of carbonyl (C=O) groups excluding carboxylic acids is 1. The van der Waals surface area contributed by atoms with E-state index in [1.165, 1.54) is 24.6 Å². The minimum Gasteiger partial charge on any atom is -0.497 e. The third kappa shape index (κ3) is 5.11. The summed E-state index contributed by atoms with van der Waals surface area (Å²) in [5.74, 6) is 0.741. The molecule has 2 aromatic rings. The Bertz CT molecular complexity index is 1020. The molecule has 0 radical (unpaired) electrons. The number of nitrogens with one attached hydrogen (secondary N) is 1. The van der Waals surface area contributed by atoms with Gasteiger partial charge in [0.2, 0.25) is 15.9 Å². The highest BCUT2D eigenvalue weighted by Crippen LogP contribution is 2.32. The van der Waals surface area contributed by atoms with Gasteiger partial charge in [0.15, 0.2) is 0 Å². The lowest BCUT2D eigenvalue weighted by Gasteiger charge is -2.31. The molecule has 1 heterocycles. The van der Waals surface area contributed by atoms with Gasteiger partial charge >= 0.3 is 0 Å². The fourth-order valence-corrected chi connectivity index (χ4v) is 5.37. The Kier molecular flexibility index (Phi) is 7.40. The molecule has 1 unspecified atom stereocenters. The quantitative estimate of drug-likeness (QED) is 0.667. The third-order valence-corrected chi connectivity index (χ3v) is 7.28. The predicted octanol–water partition coefficient (Wildman–Crippen LogP) is 2.43. The van der Waals surface area contributed by atoms with E-state index in [4.69, 9.17) is 14.2 Å². The second-order valence-electron chi connectivity index (χ2n) is 7.25. The van der Waals surface area contributed by atoms with Gasteiger partial charge in [-0.3, -0.25) is 4.79 Å². The van der Waals surface area contributed by atoms with E-state index in [2.05, 4.69) is 5.32 Å². The van der Waals surface area contributed by atoms with Crippen LogP contribution in [0.3, 0.4) is 0 Å². The minimum atomic E-state index is -3.85. The molecule has 3 rings (SSSR count). The smallest absolute Gasteiger partial charge is 0.246 e. The third-order valence-electron chi connectivity index (χ3n) is 5.39. The lowest BCUT2D eigenvalue weighted by Crippen LogP contribution is -2.45. The van der Waals surface area contributed by atoms with E-state index in [-0.39, 0.29) is 23.1 Å². The van der Waals surface area contributed by atoms with Crippen molar-refractivity contribution < 1.29 is 27.4 Å². The van der Waals surface area contributed by atoms with Crippen LogP contribution in [0.1, 0.15) is 18.4 Å². The number of carbonyl (C=O) groups is 1. The number of benzene rings is 2. The van der Waals surface area contributed by atoms with Crippen LogP contribution in [0.15, 0.2) is 47.4 Å². The number of rotatable bonds is 8. The van der Waals surface area contributed by atoms with Crippen molar-refractivity contribution in [2.75, 3.05) is 34.4 Å². The first-order valence-electron chi connectivity index (χ1n) is 10.0. The molecule has 168 valence electrons. The fourth-order valence-electron chi connectivity index (χ4n) is 3.68. The maximum Gasteiger partial charge on any atom is 0.246 e. The molecule has 1 aliphatic rings. The average molecular weight is 449 g/mol. The summed E-state index contributed by atoms with van der Waals surface area (Å²) >= 11 is 0. The van der Waals surface area contributed by atoms with Crippen LogP contribution >= 0.6 is 0 Å². The van der Waals surface area contributed by atoms with E-state index in [0.29, 0.717) is 37.4 Å². The Balaban J connectivity index is 1.73. The minimum absolute atomic E-state index is 0.0319. The first-order chi connectivity index (χ1) is 14.9. The summed E-state index contributed by atoms with van der Waals surface area (Å²) in [6, 6.07) is 12.1. The number of sulfonamides is 1. The van der Waals surface area contributed by atoms with Crippen LogP contribution in [0, 0.1) is 5.92 Å². The number of amides is 1. The maximum absolute atomic E-state index is 13.3. The van der Waals surface area contributed by atoms with Crippen LogP contribution in [-0.2, 0) is 21.4 Å². The molecule has 0 aliphatic carbocycles. The second-order valence-corrected chi connectivity index (χ2v) is 9.16. The maximum atomic E-state index is 13.3. The highest BCUT2D eigenvalue weighted by Gasteiger charge is 2.35. The molecule has 2 aromatic carbocycles. The number of hydrogen-bond donors (Lipinski definition) is 1. The standard InChI is InChI=1S/C22H28N2O6S/c1-28-18-10-11-20(30-3)21(13-18)31(26,27)24-12-6-8-17(15-24)22(25)23-14-16-7-4-5-9-19(16)29-2/h4-5,7,9-11,13,17H,6,8,12,14-15H2,1-3H3,(H,23,25). The Hall–Kier alpha value is -2.78. The van der Waals surface area contributed by atoms with Crippen molar-refractivity contribution in [3.63, 3.8) is 0 Å². The largest absolute Gasteiger partial charge is 0.497 e. The van der Waals surface area contributed by atoms with Gasteiger partial charge in [-0.25, -0.2) is 8.42 Å². The van der Waals surface area contributed by atoms with Gasteiger partial charge in [0.05, 0.1) is 27.2 Å². The average Bonchev–Trinajstić information content (AvgIpc) is 2.82. The van der Waals surface area contributed by atoms with Gasteiger partial charge < -0.3 is 19.5 Å². The molecular weight excluding hydrogens is 420 g/mol. The summed E-state index contributed by atoms with van der Waals surface area (Å²) in [5.41, 5.74) is 0.861. The molecule has 31 heavy (non-hydrogen) atoms. The number of methoxy groups -OCH3 is 3. The Morgan fingerprint density at radius 3 is 2.52 bits per heavy atom. The van der Waals surface area contributed by atoms with Crippen LogP contribution in [0.4, 0.5) is 0 Å². The highest BCUT2D eigenvalue weighted by molar-refractivity contribution is 7.89. The molecule has 1 saturated heterocycles. The molecule has 8 nitrogen and oxygen atoms in total. The lowest BCUT2D eigenvalue weighted by atomic mass is 9.98. The van der Waals surface area contributed by atoms with E-state index < -0.39 is 15.9 Å². The van der Waals surface area contributed by atoms with Crippen molar-refractivity contribution in [1.29, 1.82) is 0 Å². The topological polar surface area (TPSA) is 94.2 Å². The predicted molar refractivity (Wildman–Crippen MR) is 116 cm³/mol. The summed E-state index contributed by atoms with van der Waals surface area (Å²) in [4.78, 5) is 12.8. The van der Waals surface area contributed by atoms with Crippen LogP contribution in [0.25, 0.3) is 0 Å². The number of ether oxygens (including phenoxy) is 3. The number of piperidine rings is 1. The van der Waals surface area contributed by atoms with Crippen LogP contribution in [0.5, 0.6) is 17.2 Å². The summed E-state index contributed by atoms with van der Waals surface area (Å²) < 4.78 is 43.7. The SMILES string of the molecule is COc1ccc(OC)c(S(=O)(=O)N2CCCC(C(=O)NCc3ccccc3OC)C2)c1. The highest BCUT2D eigenvalue weighted by atomic mass is 32.2. The van der Waals surface area contributed by atoms with Crippen molar-refractivity contribution in [2.24, 2.45) is 5.92 Å². The summed E-state index contributed by atoms with van der Waals surface area (Å²) in [5, 5.41) is 2.91. The van der Waals surface area contributed by atoms with Crippen LogP contribution < -0.4 is 19.5 Å². The molecule has 0 saturated carbocycles. The van der Waals surface area contributed by atoms with E-state index in [1.54, 1.807) is 19.2 Å². The van der Waals surface area contributed by atoms with Gasteiger partial charge in [-0.1, -0.05) is 18.2 Å². The van der Waals surface area contributed by atoms with Gasteiger partial charge in [0.25, 0.3) is 0 Å². The molecule has 1 amide bonds. The van der Waals surface area contributed by atoms with Crippen LogP contribution in [0.2, 0.25) is 0 Å². The molecule has 1 aliphatic heterocycles. The summed E-state index contributed by atoms with van der Waals surface area (Å²) in [7, 11) is 0.623. The van der Waals surface area contributed by atoms with Crippen LogP contribution in [-0.4, -0.2) is 53.0 Å². The normalized spacial score (nSPS) is 17.1. The molecule has 1 N–H and O–H groups in total. The van der Waals surface area contributed by atoms with Crippen molar-refractivity contribution >= 4 is 15.9 Å². The Labute approximate surface area is 183 Å². The molecule has 0 aromatic heterocycles.